The van der Waals surface area contributed by atoms with Gasteiger partial charge in [-0.25, -0.2) is 4.79 Å². The van der Waals surface area contributed by atoms with Crippen LogP contribution in [-0.4, -0.2) is 45.4 Å². The molecule has 0 saturated heterocycles. The second-order valence-corrected chi connectivity index (χ2v) is 8.91. The number of aryl methyl sites for hydroxylation is 3. The van der Waals surface area contributed by atoms with Gasteiger partial charge in [-0.3, -0.25) is 4.79 Å². The number of anilines is 1. The van der Waals surface area contributed by atoms with E-state index in [4.69, 9.17) is 0 Å². The minimum absolute atomic E-state index is 0.0361. The fourth-order valence-corrected chi connectivity index (χ4v) is 3.59. The van der Waals surface area contributed by atoms with Gasteiger partial charge in [0.15, 0.2) is 0 Å². The number of nitrogens with zero attached hydrogens (tertiary/aromatic N) is 3. The SMILES string of the molecule is CC[C@@H](C)N(CC(=O)N(Cc1cccn1C)CC(C)C)C(=O)Nc1ccc(C)cc1C. The number of nitrogens with one attached hydrogen (secondary N) is 1. The summed E-state index contributed by atoms with van der Waals surface area (Å²) in [6.07, 6.45) is 2.76. The van der Waals surface area contributed by atoms with Gasteiger partial charge < -0.3 is 19.7 Å². The molecule has 31 heavy (non-hydrogen) atoms. The lowest BCUT2D eigenvalue weighted by atomic mass is 10.1. The molecule has 0 bridgehead atoms. The maximum Gasteiger partial charge on any atom is 0.322 e. The Morgan fingerprint density at radius 3 is 2.39 bits per heavy atom. The maximum atomic E-state index is 13.3. The number of carbonyl (C=O) groups excluding carboxylic acids is 2. The summed E-state index contributed by atoms with van der Waals surface area (Å²) in [7, 11) is 1.98. The first-order valence-corrected chi connectivity index (χ1v) is 11.1. The number of urea groups is 1. The van der Waals surface area contributed by atoms with Gasteiger partial charge in [-0.15, -0.1) is 0 Å². The van der Waals surface area contributed by atoms with Crippen molar-refractivity contribution in [1.29, 1.82) is 0 Å². The van der Waals surface area contributed by atoms with E-state index in [9.17, 15) is 9.59 Å². The number of hydrogen-bond donors (Lipinski definition) is 1. The molecular weight excluding hydrogens is 388 g/mol. The third kappa shape index (κ3) is 6.88. The van der Waals surface area contributed by atoms with E-state index >= 15 is 0 Å². The minimum atomic E-state index is -0.238. The average molecular weight is 427 g/mol. The molecule has 0 spiro atoms. The predicted molar refractivity (Wildman–Crippen MR) is 127 cm³/mol. The molecule has 0 aliphatic heterocycles. The number of amides is 3. The number of aromatic nitrogens is 1. The standard InChI is InChI=1S/C25H38N4O2/c1-8-21(6)29(25(31)26-23-12-11-19(4)14-20(23)5)17-24(30)28(15-18(2)3)16-22-10-9-13-27(22)7/h9-14,18,21H,8,15-17H2,1-7H3,(H,26,31)/t21-/m1/s1. The highest BCUT2D eigenvalue weighted by Gasteiger charge is 2.26. The van der Waals surface area contributed by atoms with Crippen molar-refractivity contribution in [3.05, 3.63) is 53.3 Å². The Morgan fingerprint density at radius 1 is 1.13 bits per heavy atom. The molecule has 1 heterocycles. The summed E-state index contributed by atoms with van der Waals surface area (Å²) >= 11 is 0. The van der Waals surface area contributed by atoms with Gasteiger partial charge >= 0.3 is 6.03 Å². The summed E-state index contributed by atoms with van der Waals surface area (Å²) in [5.74, 6) is 0.302. The highest BCUT2D eigenvalue weighted by atomic mass is 16.2. The van der Waals surface area contributed by atoms with Crippen molar-refractivity contribution < 1.29 is 9.59 Å². The number of carbonyl (C=O) groups is 2. The molecule has 6 heteroatoms. The number of hydrogen-bond acceptors (Lipinski definition) is 2. The smallest absolute Gasteiger partial charge is 0.322 e. The Hall–Kier alpha value is -2.76. The van der Waals surface area contributed by atoms with Gasteiger partial charge in [0, 0.05) is 37.2 Å². The first-order valence-electron chi connectivity index (χ1n) is 11.1. The fourth-order valence-electron chi connectivity index (χ4n) is 3.59. The van der Waals surface area contributed by atoms with Crippen LogP contribution in [0.25, 0.3) is 0 Å². The number of benzene rings is 1. The molecule has 170 valence electrons. The Morgan fingerprint density at radius 2 is 1.84 bits per heavy atom. The zero-order chi connectivity index (χ0) is 23.1. The lowest BCUT2D eigenvalue weighted by Gasteiger charge is -2.32. The van der Waals surface area contributed by atoms with E-state index in [0.717, 1.165) is 28.9 Å². The van der Waals surface area contributed by atoms with Crippen LogP contribution >= 0.6 is 0 Å². The quantitative estimate of drug-likeness (QED) is 0.616. The van der Waals surface area contributed by atoms with Gasteiger partial charge in [0.05, 0.1) is 6.54 Å². The first kappa shape index (κ1) is 24.5. The molecule has 1 aromatic heterocycles. The predicted octanol–water partition coefficient (Wildman–Crippen LogP) is 4.96. The second-order valence-electron chi connectivity index (χ2n) is 8.91. The summed E-state index contributed by atoms with van der Waals surface area (Å²) < 4.78 is 2.03. The van der Waals surface area contributed by atoms with Gasteiger partial charge in [0.1, 0.15) is 6.54 Å². The highest BCUT2D eigenvalue weighted by molar-refractivity contribution is 5.93. The molecule has 0 unspecified atom stereocenters. The van der Waals surface area contributed by atoms with Crippen LogP contribution in [-0.2, 0) is 18.4 Å². The molecule has 6 nitrogen and oxygen atoms in total. The molecule has 0 saturated carbocycles. The van der Waals surface area contributed by atoms with Crippen molar-refractivity contribution >= 4 is 17.6 Å². The second kappa shape index (κ2) is 11.0. The first-order chi connectivity index (χ1) is 14.6. The fraction of sp³-hybridized carbons (Fsp3) is 0.520. The Labute approximate surface area is 187 Å². The third-order valence-electron chi connectivity index (χ3n) is 5.66. The number of rotatable bonds is 9. The van der Waals surface area contributed by atoms with Crippen molar-refractivity contribution in [2.24, 2.45) is 13.0 Å². The van der Waals surface area contributed by atoms with E-state index in [0.29, 0.717) is 19.0 Å². The Kier molecular flexibility index (Phi) is 8.72. The van der Waals surface area contributed by atoms with Crippen LogP contribution in [0.5, 0.6) is 0 Å². The normalized spacial score (nSPS) is 12.0. The molecule has 0 aliphatic carbocycles. The Balaban J connectivity index is 2.18. The maximum absolute atomic E-state index is 13.3. The van der Waals surface area contributed by atoms with Gasteiger partial charge in [0.25, 0.3) is 0 Å². The molecule has 2 aromatic rings. The summed E-state index contributed by atoms with van der Waals surface area (Å²) in [6, 6.07) is 9.66. The molecular formula is C25H38N4O2. The van der Waals surface area contributed by atoms with Gasteiger partial charge in [-0.1, -0.05) is 38.5 Å². The summed E-state index contributed by atoms with van der Waals surface area (Å²) in [4.78, 5) is 30.0. The molecule has 1 N–H and O–H groups in total. The largest absolute Gasteiger partial charge is 0.353 e. The lowest BCUT2D eigenvalue weighted by molar-refractivity contribution is -0.133. The molecule has 1 atom stereocenters. The van der Waals surface area contributed by atoms with Crippen LogP contribution in [0.2, 0.25) is 0 Å². The third-order valence-corrected chi connectivity index (χ3v) is 5.66. The van der Waals surface area contributed by atoms with Crippen LogP contribution in [0.1, 0.15) is 50.9 Å². The van der Waals surface area contributed by atoms with Crippen molar-refractivity contribution in [3.8, 4) is 0 Å². The van der Waals surface area contributed by atoms with Gasteiger partial charge in [0.2, 0.25) is 5.91 Å². The van der Waals surface area contributed by atoms with Gasteiger partial charge in [-0.05, 0) is 56.9 Å². The van der Waals surface area contributed by atoms with E-state index in [1.54, 1.807) is 4.90 Å². The van der Waals surface area contributed by atoms with E-state index < -0.39 is 0 Å². The van der Waals surface area contributed by atoms with E-state index in [2.05, 4.69) is 19.2 Å². The zero-order valence-electron chi connectivity index (χ0n) is 20.1. The lowest BCUT2D eigenvalue weighted by Crippen LogP contribution is -2.48. The van der Waals surface area contributed by atoms with Crippen LogP contribution in [0, 0.1) is 19.8 Å². The summed E-state index contributed by atoms with van der Waals surface area (Å²) in [5.41, 5.74) is 4.01. The van der Waals surface area contributed by atoms with Crippen molar-refractivity contribution in [1.82, 2.24) is 14.4 Å². The molecule has 0 radical (unpaired) electrons. The van der Waals surface area contributed by atoms with E-state index in [1.807, 2.05) is 80.7 Å². The minimum Gasteiger partial charge on any atom is -0.353 e. The van der Waals surface area contributed by atoms with Crippen molar-refractivity contribution in [3.63, 3.8) is 0 Å². The van der Waals surface area contributed by atoms with Gasteiger partial charge in [-0.2, -0.15) is 0 Å². The summed E-state index contributed by atoms with van der Waals surface area (Å²) in [5, 5.41) is 3.00. The van der Waals surface area contributed by atoms with Crippen LogP contribution in [0.3, 0.4) is 0 Å². The topological polar surface area (TPSA) is 57.6 Å². The summed E-state index contributed by atoms with van der Waals surface area (Å²) in [6.45, 7) is 13.5. The molecule has 0 aliphatic rings. The van der Waals surface area contributed by atoms with Crippen LogP contribution < -0.4 is 5.32 Å². The van der Waals surface area contributed by atoms with E-state index in [-0.39, 0.29) is 24.5 Å². The molecule has 0 fully saturated rings. The van der Waals surface area contributed by atoms with Crippen LogP contribution in [0.15, 0.2) is 36.5 Å². The van der Waals surface area contributed by atoms with E-state index in [1.165, 1.54) is 0 Å². The molecule has 2 rings (SSSR count). The monoisotopic (exact) mass is 426 g/mol. The molecule has 1 aromatic carbocycles. The van der Waals surface area contributed by atoms with Crippen molar-refractivity contribution in [2.75, 3.05) is 18.4 Å². The van der Waals surface area contributed by atoms with Crippen LogP contribution in [0.4, 0.5) is 10.5 Å². The molecule has 3 amide bonds. The average Bonchev–Trinajstić information content (AvgIpc) is 3.11. The highest BCUT2D eigenvalue weighted by Crippen LogP contribution is 2.18. The van der Waals surface area contributed by atoms with Crippen molar-refractivity contribution in [2.45, 2.75) is 60.5 Å². The Bertz CT molecular complexity index is 887. The zero-order valence-corrected chi connectivity index (χ0v) is 20.1.